The van der Waals surface area contributed by atoms with Gasteiger partial charge in [-0.1, -0.05) is 12.1 Å². The van der Waals surface area contributed by atoms with Crippen LogP contribution in [0.25, 0.3) is 0 Å². The van der Waals surface area contributed by atoms with Crippen LogP contribution in [0.15, 0.2) is 30.5 Å². The Labute approximate surface area is 107 Å². The molecular weight excluding hydrogens is 226 g/mol. The Morgan fingerprint density at radius 2 is 2.00 bits per heavy atom. The molecule has 0 saturated heterocycles. The van der Waals surface area contributed by atoms with E-state index in [1.54, 1.807) is 12.1 Å². The standard InChI is InChI=1S/C14H19N3O/c1-10(12-4-6-14(18)7-5-12)15-8-13-9-16-17(3)11(13)2/h4-7,9-10,15,18H,8H2,1-3H3. The van der Waals surface area contributed by atoms with E-state index in [1.165, 1.54) is 11.3 Å². The average Bonchev–Trinajstić information content (AvgIpc) is 2.68. The minimum Gasteiger partial charge on any atom is -0.508 e. The zero-order chi connectivity index (χ0) is 13.1. The van der Waals surface area contributed by atoms with Gasteiger partial charge in [-0.15, -0.1) is 0 Å². The van der Waals surface area contributed by atoms with Crippen molar-refractivity contribution in [1.29, 1.82) is 0 Å². The highest BCUT2D eigenvalue weighted by molar-refractivity contribution is 5.28. The SMILES string of the molecule is Cc1c(CNC(C)c2ccc(O)cc2)cnn1C. The first kappa shape index (κ1) is 12.6. The van der Waals surface area contributed by atoms with Crippen LogP contribution in [0.2, 0.25) is 0 Å². The number of phenolic OH excluding ortho intramolecular Hbond substituents is 1. The summed E-state index contributed by atoms with van der Waals surface area (Å²) in [4.78, 5) is 0. The van der Waals surface area contributed by atoms with Gasteiger partial charge in [0.05, 0.1) is 6.20 Å². The van der Waals surface area contributed by atoms with Crippen molar-refractivity contribution in [2.24, 2.45) is 7.05 Å². The Balaban J connectivity index is 1.98. The molecule has 1 atom stereocenters. The molecule has 4 heteroatoms. The van der Waals surface area contributed by atoms with Crippen molar-refractivity contribution in [1.82, 2.24) is 15.1 Å². The van der Waals surface area contributed by atoms with Crippen LogP contribution in [0, 0.1) is 6.92 Å². The minimum absolute atomic E-state index is 0.241. The maximum absolute atomic E-state index is 9.25. The number of hydrogen-bond acceptors (Lipinski definition) is 3. The van der Waals surface area contributed by atoms with Crippen LogP contribution in [0.5, 0.6) is 5.75 Å². The van der Waals surface area contributed by atoms with Gasteiger partial charge < -0.3 is 10.4 Å². The van der Waals surface area contributed by atoms with Crippen molar-refractivity contribution in [3.63, 3.8) is 0 Å². The van der Waals surface area contributed by atoms with Crippen LogP contribution in [0.4, 0.5) is 0 Å². The average molecular weight is 245 g/mol. The highest BCUT2D eigenvalue weighted by Gasteiger charge is 2.07. The Morgan fingerprint density at radius 1 is 1.33 bits per heavy atom. The van der Waals surface area contributed by atoms with Gasteiger partial charge in [0.1, 0.15) is 5.75 Å². The number of aromatic hydroxyl groups is 1. The zero-order valence-corrected chi connectivity index (χ0v) is 11.0. The molecule has 1 aromatic carbocycles. The van der Waals surface area contributed by atoms with Crippen LogP contribution in [-0.2, 0) is 13.6 Å². The largest absolute Gasteiger partial charge is 0.508 e. The molecule has 0 spiro atoms. The molecule has 2 rings (SSSR count). The van der Waals surface area contributed by atoms with Gasteiger partial charge in [-0.25, -0.2) is 0 Å². The highest BCUT2D eigenvalue weighted by Crippen LogP contribution is 2.17. The summed E-state index contributed by atoms with van der Waals surface area (Å²) in [6.45, 7) is 4.97. The number of nitrogens with one attached hydrogen (secondary N) is 1. The molecule has 1 aromatic heterocycles. The molecule has 2 aromatic rings. The Morgan fingerprint density at radius 3 is 2.56 bits per heavy atom. The van der Waals surface area contributed by atoms with Crippen molar-refractivity contribution in [3.8, 4) is 5.75 Å². The second-order valence-electron chi connectivity index (χ2n) is 4.57. The summed E-state index contributed by atoms with van der Waals surface area (Å²) in [5.74, 6) is 0.300. The topological polar surface area (TPSA) is 50.1 Å². The molecule has 0 amide bonds. The first-order valence-corrected chi connectivity index (χ1v) is 6.07. The summed E-state index contributed by atoms with van der Waals surface area (Å²) in [6, 6.07) is 7.53. The van der Waals surface area contributed by atoms with E-state index < -0.39 is 0 Å². The third-order valence-electron chi connectivity index (χ3n) is 3.33. The lowest BCUT2D eigenvalue weighted by Crippen LogP contribution is -2.18. The fraction of sp³-hybridized carbons (Fsp3) is 0.357. The molecule has 0 aliphatic rings. The first-order chi connectivity index (χ1) is 8.58. The van der Waals surface area contributed by atoms with Crippen LogP contribution in [0.1, 0.15) is 29.8 Å². The van der Waals surface area contributed by atoms with Crippen molar-refractivity contribution in [3.05, 3.63) is 47.3 Å². The summed E-state index contributed by atoms with van der Waals surface area (Å²) in [6.07, 6.45) is 1.89. The van der Waals surface area contributed by atoms with Gasteiger partial charge in [0, 0.05) is 30.9 Å². The van der Waals surface area contributed by atoms with Crippen molar-refractivity contribution in [2.45, 2.75) is 26.4 Å². The number of rotatable bonds is 4. The third kappa shape index (κ3) is 2.71. The van der Waals surface area contributed by atoms with Gasteiger partial charge in [-0.05, 0) is 31.5 Å². The van der Waals surface area contributed by atoms with E-state index in [-0.39, 0.29) is 6.04 Å². The van der Waals surface area contributed by atoms with Crippen molar-refractivity contribution < 1.29 is 5.11 Å². The van der Waals surface area contributed by atoms with E-state index in [4.69, 9.17) is 0 Å². The zero-order valence-electron chi connectivity index (χ0n) is 11.0. The number of benzene rings is 1. The summed E-state index contributed by atoms with van der Waals surface area (Å²) in [7, 11) is 1.95. The molecule has 96 valence electrons. The van der Waals surface area contributed by atoms with Crippen molar-refractivity contribution in [2.75, 3.05) is 0 Å². The molecular formula is C14H19N3O. The third-order valence-corrected chi connectivity index (χ3v) is 3.33. The summed E-state index contributed by atoms with van der Waals surface area (Å²) in [5, 5.41) is 16.9. The second-order valence-corrected chi connectivity index (χ2v) is 4.57. The van der Waals surface area contributed by atoms with Crippen LogP contribution < -0.4 is 5.32 Å². The van der Waals surface area contributed by atoms with E-state index in [2.05, 4.69) is 24.3 Å². The lowest BCUT2D eigenvalue weighted by Gasteiger charge is -2.14. The molecule has 1 heterocycles. The van der Waals surface area contributed by atoms with Crippen molar-refractivity contribution >= 4 is 0 Å². The molecule has 0 bridgehead atoms. The Hall–Kier alpha value is -1.81. The predicted octanol–water partition coefficient (Wildman–Crippen LogP) is 2.28. The maximum atomic E-state index is 9.25. The van der Waals surface area contributed by atoms with Crippen LogP contribution in [0.3, 0.4) is 0 Å². The second kappa shape index (κ2) is 5.23. The van der Waals surface area contributed by atoms with Gasteiger partial charge in [-0.2, -0.15) is 5.10 Å². The lowest BCUT2D eigenvalue weighted by atomic mass is 10.1. The summed E-state index contributed by atoms with van der Waals surface area (Å²) >= 11 is 0. The molecule has 4 nitrogen and oxygen atoms in total. The van der Waals surface area contributed by atoms with Gasteiger partial charge in [0.15, 0.2) is 0 Å². The monoisotopic (exact) mass is 245 g/mol. The Bertz CT molecular complexity index is 516. The molecule has 18 heavy (non-hydrogen) atoms. The van der Waals surface area contributed by atoms with E-state index in [0.717, 1.165) is 12.1 Å². The van der Waals surface area contributed by atoms with Crippen LogP contribution in [-0.4, -0.2) is 14.9 Å². The molecule has 1 unspecified atom stereocenters. The summed E-state index contributed by atoms with van der Waals surface area (Å²) < 4.78 is 1.88. The number of aryl methyl sites for hydroxylation is 1. The normalized spacial score (nSPS) is 12.6. The number of phenols is 1. The first-order valence-electron chi connectivity index (χ1n) is 6.07. The number of hydrogen-bond donors (Lipinski definition) is 2. The predicted molar refractivity (Wildman–Crippen MR) is 71.3 cm³/mol. The summed E-state index contributed by atoms with van der Waals surface area (Å²) in [5.41, 5.74) is 3.55. The molecule has 0 fully saturated rings. The molecule has 2 N–H and O–H groups in total. The molecule has 0 aliphatic carbocycles. The fourth-order valence-electron chi connectivity index (χ4n) is 1.86. The molecule has 0 aliphatic heterocycles. The minimum atomic E-state index is 0.241. The van der Waals surface area contributed by atoms with E-state index in [0.29, 0.717) is 5.75 Å². The van der Waals surface area contributed by atoms with Gasteiger partial charge in [0.25, 0.3) is 0 Å². The molecule has 0 saturated carbocycles. The molecule has 0 radical (unpaired) electrons. The number of nitrogens with zero attached hydrogens (tertiary/aromatic N) is 2. The van der Waals surface area contributed by atoms with Gasteiger partial charge >= 0.3 is 0 Å². The van der Waals surface area contributed by atoms with Gasteiger partial charge in [-0.3, -0.25) is 4.68 Å². The lowest BCUT2D eigenvalue weighted by molar-refractivity contribution is 0.474. The van der Waals surface area contributed by atoms with E-state index >= 15 is 0 Å². The fourth-order valence-corrected chi connectivity index (χ4v) is 1.86. The Kier molecular flexibility index (Phi) is 3.67. The van der Waals surface area contributed by atoms with E-state index in [1.807, 2.05) is 30.1 Å². The highest BCUT2D eigenvalue weighted by atomic mass is 16.3. The van der Waals surface area contributed by atoms with Crippen LogP contribution >= 0.6 is 0 Å². The van der Waals surface area contributed by atoms with Gasteiger partial charge in [0.2, 0.25) is 0 Å². The maximum Gasteiger partial charge on any atom is 0.115 e. The van der Waals surface area contributed by atoms with E-state index in [9.17, 15) is 5.11 Å². The quantitative estimate of drug-likeness (QED) is 0.869. The smallest absolute Gasteiger partial charge is 0.115 e. The number of aromatic nitrogens is 2.